The Labute approximate surface area is 173 Å². The van der Waals surface area contributed by atoms with Gasteiger partial charge < -0.3 is 5.21 Å². The average molecular weight is 550 g/mol. The fraction of sp³-hybridized carbons (Fsp3) is 0.200. The van der Waals surface area contributed by atoms with Crippen LogP contribution in [0.4, 0.5) is 13.2 Å². The van der Waals surface area contributed by atoms with E-state index in [2.05, 4.69) is 4.18 Å². The molecule has 13 heteroatoms. The molecule has 0 heterocycles. The van der Waals surface area contributed by atoms with E-state index in [9.17, 15) is 35.2 Å². The molecule has 28 heavy (non-hydrogen) atoms. The minimum Gasteiger partial charge on any atom is -0.772 e. The number of nitrogens with zero attached hydrogens (tertiary/aromatic N) is 1. The molecule has 0 N–H and O–H groups in total. The summed E-state index contributed by atoms with van der Waals surface area (Å²) in [5, 5.41) is 11.8. The molecule has 0 aliphatic rings. The number of halogens is 4. The number of hydroxylamine groups is 1. The maximum absolute atomic E-state index is 12.5. The van der Waals surface area contributed by atoms with Gasteiger partial charge in [-0.25, -0.2) is 8.42 Å². The number of benzene rings is 2. The highest BCUT2D eigenvalue weighted by molar-refractivity contribution is 14.1. The van der Waals surface area contributed by atoms with Gasteiger partial charge in [0.2, 0.25) is 10.0 Å². The van der Waals surface area contributed by atoms with Crippen LogP contribution in [-0.4, -0.2) is 34.5 Å². The van der Waals surface area contributed by atoms with Gasteiger partial charge in [-0.05, 0) is 71.1 Å². The summed E-state index contributed by atoms with van der Waals surface area (Å²) in [6, 6.07) is 7.95. The lowest BCUT2D eigenvalue weighted by molar-refractivity contribution is -0.137. The summed E-state index contributed by atoms with van der Waals surface area (Å²) in [6.45, 7) is -1.63. The Hall–Kier alpha value is -1.26. The molecule has 0 fully saturated rings. The molecule has 0 spiro atoms. The van der Waals surface area contributed by atoms with Crippen molar-refractivity contribution in [2.75, 3.05) is 13.2 Å². The van der Waals surface area contributed by atoms with Crippen LogP contribution in [0.5, 0.6) is 0 Å². The minimum atomic E-state index is -4.66. The van der Waals surface area contributed by atoms with Crippen molar-refractivity contribution in [3.05, 3.63) is 62.9 Å². The standard InChI is InChI=1S/C15H12F3INO6S2/c16-15(17,18)11-1-5-13(6-2-11)27(22,23)20(21)9-10-26-28(24,25)14-7-3-12(19)4-8-14/h1-8H,9-10H2/q-1. The molecule has 2 aromatic carbocycles. The molecule has 0 radical (unpaired) electrons. The van der Waals surface area contributed by atoms with E-state index in [1.165, 1.54) is 24.3 Å². The Kier molecular flexibility index (Phi) is 7.09. The quantitative estimate of drug-likeness (QED) is 0.298. The van der Waals surface area contributed by atoms with Crippen molar-refractivity contribution in [1.29, 1.82) is 0 Å². The van der Waals surface area contributed by atoms with Crippen LogP contribution in [0, 0.1) is 8.78 Å². The average Bonchev–Trinajstić information content (AvgIpc) is 2.61. The maximum atomic E-state index is 12.5. The van der Waals surface area contributed by atoms with E-state index in [4.69, 9.17) is 0 Å². The fourth-order valence-corrected chi connectivity index (χ4v) is 4.23. The van der Waals surface area contributed by atoms with Crippen molar-refractivity contribution in [1.82, 2.24) is 4.47 Å². The second-order valence-electron chi connectivity index (χ2n) is 5.28. The molecule has 0 aliphatic carbocycles. The van der Waals surface area contributed by atoms with Crippen LogP contribution >= 0.6 is 22.6 Å². The normalized spacial score (nSPS) is 13.1. The van der Waals surface area contributed by atoms with Crippen LogP contribution in [0.2, 0.25) is 0 Å². The molecule has 0 amide bonds. The number of sulfonamides is 1. The highest BCUT2D eigenvalue weighted by Gasteiger charge is 2.30. The lowest BCUT2D eigenvalue weighted by atomic mass is 10.2. The van der Waals surface area contributed by atoms with Gasteiger partial charge in [0, 0.05) is 10.1 Å². The molecular weight excluding hydrogens is 538 g/mol. The summed E-state index contributed by atoms with van der Waals surface area (Å²) in [6.07, 6.45) is -4.66. The summed E-state index contributed by atoms with van der Waals surface area (Å²) in [4.78, 5) is -0.827. The van der Waals surface area contributed by atoms with E-state index in [1.54, 1.807) is 0 Å². The molecule has 0 unspecified atom stereocenters. The first-order chi connectivity index (χ1) is 12.8. The van der Waals surface area contributed by atoms with Crippen LogP contribution in [0.15, 0.2) is 58.3 Å². The van der Waals surface area contributed by atoms with Gasteiger partial charge in [0.15, 0.2) is 0 Å². The number of alkyl halides is 3. The van der Waals surface area contributed by atoms with Crippen LogP contribution in [0.1, 0.15) is 5.56 Å². The molecule has 0 bridgehead atoms. The maximum Gasteiger partial charge on any atom is 0.416 e. The first kappa shape index (κ1) is 23.0. The zero-order valence-corrected chi connectivity index (χ0v) is 17.5. The van der Waals surface area contributed by atoms with Crippen LogP contribution in [-0.2, 0) is 30.5 Å². The number of rotatable bonds is 7. The van der Waals surface area contributed by atoms with E-state index in [-0.39, 0.29) is 4.90 Å². The lowest BCUT2D eigenvalue weighted by Gasteiger charge is -2.27. The SMILES string of the molecule is O=S(=O)(OCCN([O-])S(=O)(=O)c1ccc(C(F)(F)F)cc1)c1ccc(I)cc1. The Bertz CT molecular complexity index is 1020. The van der Waals surface area contributed by atoms with Gasteiger partial charge in [0.1, 0.15) is 0 Å². The van der Waals surface area contributed by atoms with Gasteiger partial charge in [-0.1, -0.05) is 0 Å². The first-order valence-corrected chi connectivity index (χ1v) is 11.3. The van der Waals surface area contributed by atoms with Crippen molar-refractivity contribution < 1.29 is 34.2 Å². The van der Waals surface area contributed by atoms with Gasteiger partial charge in [-0.3, -0.25) is 8.65 Å². The lowest BCUT2D eigenvalue weighted by Crippen LogP contribution is -2.29. The van der Waals surface area contributed by atoms with Crippen molar-refractivity contribution in [3.8, 4) is 0 Å². The summed E-state index contributed by atoms with van der Waals surface area (Å²) in [7, 11) is -8.85. The van der Waals surface area contributed by atoms with E-state index in [0.29, 0.717) is 24.3 Å². The molecule has 0 aromatic heterocycles. The Morgan fingerprint density at radius 1 is 0.929 bits per heavy atom. The summed E-state index contributed by atoms with van der Waals surface area (Å²) in [5.74, 6) is 0. The van der Waals surface area contributed by atoms with Crippen molar-refractivity contribution in [3.63, 3.8) is 0 Å². The Morgan fingerprint density at radius 2 is 1.43 bits per heavy atom. The van der Waals surface area contributed by atoms with E-state index < -0.39 is 54.4 Å². The summed E-state index contributed by atoms with van der Waals surface area (Å²) >= 11 is 1.97. The number of hydrogen-bond acceptors (Lipinski definition) is 6. The van der Waals surface area contributed by atoms with Gasteiger partial charge >= 0.3 is 6.18 Å². The minimum absolute atomic E-state index is 0.170. The van der Waals surface area contributed by atoms with Crippen LogP contribution in [0.3, 0.4) is 0 Å². The Morgan fingerprint density at radius 3 is 1.93 bits per heavy atom. The van der Waals surface area contributed by atoms with Gasteiger partial charge in [0.05, 0.1) is 22.0 Å². The third-order valence-corrected chi connectivity index (χ3v) is 6.99. The largest absolute Gasteiger partial charge is 0.772 e. The van der Waals surface area contributed by atoms with Gasteiger partial charge in [-0.2, -0.15) is 21.6 Å². The molecule has 7 nitrogen and oxygen atoms in total. The van der Waals surface area contributed by atoms with Crippen molar-refractivity contribution >= 4 is 42.7 Å². The van der Waals surface area contributed by atoms with Gasteiger partial charge in [0.25, 0.3) is 10.1 Å². The van der Waals surface area contributed by atoms with Crippen molar-refractivity contribution in [2.24, 2.45) is 0 Å². The smallest absolute Gasteiger partial charge is 0.416 e. The summed E-state index contributed by atoms with van der Waals surface area (Å²) < 4.78 is 90.6. The van der Waals surface area contributed by atoms with Crippen molar-refractivity contribution in [2.45, 2.75) is 16.0 Å². The van der Waals surface area contributed by atoms with Crippen LogP contribution in [0.25, 0.3) is 0 Å². The highest BCUT2D eigenvalue weighted by Crippen LogP contribution is 2.30. The predicted molar refractivity (Wildman–Crippen MR) is 101 cm³/mol. The number of hydrogen-bond donors (Lipinski definition) is 0. The zero-order chi connectivity index (χ0) is 21.2. The second-order valence-corrected chi connectivity index (χ2v) is 9.97. The van der Waals surface area contributed by atoms with E-state index >= 15 is 0 Å². The molecular formula is C15H12F3INO6S2-. The molecule has 0 saturated heterocycles. The molecule has 154 valence electrons. The highest BCUT2D eigenvalue weighted by atomic mass is 127. The molecule has 2 aromatic rings. The first-order valence-electron chi connectivity index (χ1n) is 7.36. The zero-order valence-electron chi connectivity index (χ0n) is 13.8. The molecule has 0 atom stereocenters. The third-order valence-electron chi connectivity index (χ3n) is 3.36. The molecule has 2 rings (SSSR count). The third kappa shape index (κ3) is 5.64. The summed E-state index contributed by atoms with van der Waals surface area (Å²) in [5.41, 5.74) is -1.07. The molecule has 0 saturated carbocycles. The predicted octanol–water partition coefficient (Wildman–Crippen LogP) is 3.20. The second kappa shape index (κ2) is 8.62. The fourth-order valence-electron chi connectivity index (χ4n) is 1.94. The van der Waals surface area contributed by atoms with E-state index in [1.807, 2.05) is 22.6 Å². The van der Waals surface area contributed by atoms with E-state index in [0.717, 1.165) is 3.57 Å². The molecule has 0 aliphatic heterocycles. The van der Waals surface area contributed by atoms with Gasteiger partial charge in [-0.15, -0.1) is 0 Å². The van der Waals surface area contributed by atoms with Crippen LogP contribution < -0.4 is 0 Å². The topological polar surface area (TPSA) is 104 Å². The monoisotopic (exact) mass is 550 g/mol. The Balaban J connectivity index is 2.03.